The van der Waals surface area contributed by atoms with E-state index >= 15 is 0 Å². The van der Waals surface area contributed by atoms with E-state index in [1.165, 1.54) is 6.08 Å². The summed E-state index contributed by atoms with van der Waals surface area (Å²) in [6.07, 6.45) is 6.53. The Balaban J connectivity index is 1.66. The molecule has 0 aliphatic carbocycles. The number of carbonyl (C=O) groups excluding carboxylic acids is 1. The topological polar surface area (TPSA) is 64.4 Å². The van der Waals surface area contributed by atoms with Gasteiger partial charge in [0.05, 0.1) is 12.8 Å². The molecule has 1 N–H and O–H groups in total. The Labute approximate surface area is 149 Å². The summed E-state index contributed by atoms with van der Waals surface area (Å²) in [5.74, 6) is 0.315. The molecular formula is C21H16N2O3. The van der Waals surface area contributed by atoms with Crippen molar-refractivity contribution in [1.82, 2.24) is 4.98 Å². The van der Waals surface area contributed by atoms with E-state index < -0.39 is 0 Å². The van der Waals surface area contributed by atoms with Gasteiger partial charge in [-0.1, -0.05) is 24.3 Å². The molecule has 5 nitrogen and oxygen atoms in total. The van der Waals surface area contributed by atoms with Gasteiger partial charge in [-0.25, -0.2) is 0 Å². The fourth-order valence-electron chi connectivity index (χ4n) is 2.84. The molecule has 5 heteroatoms. The van der Waals surface area contributed by atoms with E-state index in [2.05, 4.69) is 10.3 Å². The molecule has 0 unspecified atom stereocenters. The number of furan rings is 1. The first-order valence-corrected chi connectivity index (χ1v) is 8.13. The number of methoxy groups -OCH3 is 1. The molecule has 0 aliphatic rings. The van der Waals surface area contributed by atoms with Crippen LogP contribution in [-0.2, 0) is 4.79 Å². The summed E-state index contributed by atoms with van der Waals surface area (Å²) in [5.41, 5.74) is 2.89. The number of rotatable bonds is 4. The summed E-state index contributed by atoms with van der Waals surface area (Å²) in [5, 5.41) is 4.79. The van der Waals surface area contributed by atoms with E-state index in [-0.39, 0.29) is 5.91 Å². The highest BCUT2D eigenvalue weighted by Crippen LogP contribution is 2.36. The predicted molar refractivity (Wildman–Crippen MR) is 102 cm³/mol. The van der Waals surface area contributed by atoms with Crippen molar-refractivity contribution < 1.29 is 13.9 Å². The molecule has 0 saturated heterocycles. The third-order valence-corrected chi connectivity index (χ3v) is 4.07. The zero-order valence-electron chi connectivity index (χ0n) is 14.1. The van der Waals surface area contributed by atoms with Crippen LogP contribution in [-0.4, -0.2) is 18.0 Å². The van der Waals surface area contributed by atoms with Crippen molar-refractivity contribution in [3.8, 4) is 5.75 Å². The number of fused-ring (bicyclic) bond motifs is 3. The first kappa shape index (κ1) is 15.9. The van der Waals surface area contributed by atoms with Crippen LogP contribution < -0.4 is 10.1 Å². The lowest BCUT2D eigenvalue weighted by molar-refractivity contribution is -0.111. The highest BCUT2D eigenvalue weighted by Gasteiger charge is 2.13. The van der Waals surface area contributed by atoms with E-state index in [1.807, 2.05) is 42.5 Å². The van der Waals surface area contributed by atoms with Gasteiger partial charge in [0.1, 0.15) is 16.9 Å². The average Bonchev–Trinajstić information content (AvgIpc) is 3.04. The molecule has 4 aromatic rings. The van der Waals surface area contributed by atoms with Gasteiger partial charge in [0.25, 0.3) is 0 Å². The molecule has 2 aromatic carbocycles. The summed E-state index contributed by atoms with van der Waals surface area (Å²) < 4.78 is 11.3. The minimum Gasteiger partial charge on any atom is -0.495 e. The Morgan fingerprint density at radius 1 is 1.12 bits per heavy atom. The lowest BCUT2D eigenvalue weighted by atomic mass is 10.1. The second-order valence-corrected chi connectivity index (χ2v) is 5.76. The van der Waals surface area contributed by atoms with Crippen LogP contribution in [0.5, 0.6) is 5.75 Å². The van der Waals surface area contributed by atoms with E-state index in [1.54, 1.807) is 31.6 Å². The molecular weight excluding hydrogens is 328 g/mol. The van der Waals surface area contributed by atoms with Crippen molar-refractivity contribution >= 4 is 39.6 Å². The van der Waals surface area contributed by atoms with Gasteiger partial charge in [0.2, 0.25) is 5.91 Å². The maximum Gasteiger partial charge on any atom is 0.248 e. The van der Waals surface area contributed by atoms with E-state index in [4.69, 9.17) is 9.15 Å². The van der Waals surface area contributed by atoms with E-state index in [0.717, 1.165) is 21.9 Å². The van der Waals surface area contributed by atoms with Gasteiger partial charge in [-0.05, 0) is 29.8 Å². The minimum atomic E-state index is -0.261. The van der Waals surface area contributed by atoms with E-state index in [0.29, 0.717) is 17.0 Å². The standard InChI is InChI=1S/C21H16N2O3/c1-25-20-11-16-15-6-2-3-7-18(15)26-19(16)12-17(20)23-21(24)9-8-14-5-4-10-22-13-14/h2-13H,1H3,(H,23,24)/b9-8+. The summed E-state index contributed by atoms with van der Waals surface area (Å²) in [4.78, 5) is 16.3. The molecule has 1 amide bonds. The molecule has 0 spiro atoms. The average molecular weight is 344 g/mol. The number of hydrogen-bond donors (Lipinski definition) is 1. The number of anilines is 1. The number of para-hydroxylation sites is 1. The summed E-state index contributed by atoms with van der Waals surface area (Å²) in [7, 11) is 1.57. The van der Waals surface area contributed by atoms with Crippen molar-refractivity contribution in [2.45, 2.75) is 0 Å². The Morgan fingerprint density at radius 3 is 2.81 bits per heavy atom. The van der Waals surface area contributed by atoms with Crippen LogP contribution in [0, 0.1) is 0 Å². The second kappa shape index (κ2) is 6.72. The van der Waals surface area contributed by atoms with Crippen LogP contribution in [0.1, 0.15) is 5.56 Å². The molecule has 2 heterocycles. The monoisotopic (exact) mass is 344 g/mol. The van der Waals surface area contributed by atoms with Crippen molar-refractivity contribution in [1.29, 1.82) is 0 Å². The smallest absolute Gasteiger partial charge is 0.248 e. The molecule has 0 saturated carbocycles. The Kier molecular flexibility index (Phi) is 4.11. The zero-order chi connectivity index (χ0) is 17.9. The van der Waals surface area contributed by atoms with Crippen LogP contribution in [0.25, 0.3) is 28.0 Å². The fraction of sp³-hybridized carbons (Fsp3) is 0.0476. The van der Waals surface area contributed by atoms with Crippen LogP contribution >= 0.6 is 0 Å². The lowest BCUT2D eigenvalue weighted by Gasteiger charge is -2.09. The summed E-state index contributed by atoms with van der Waals surface area (Å²) >= 11 is 0. The molecule has 2 aromatic heterocycles. The molecule has 0 radical (unpaired) electrons. The SMILES string of the molecule is COc1cc2c(cc1NC(=O)/C=C/c1cccnc1)oc1ccccc12. The molecule has 128 valence electrons. The number of carbonyl (C=O) groups is 1. The number of hydrogen-bond acceptors (Lipinski definition) is 4. The summed E-state index contributed by atoms with van der Waals surface area (Å²) in [6.45, 7) is 0. The number of aromatic nitrogens is 1. The predicted octanol–water partition coefficient (Wildman–Crippen LogP) is 4.64. The van der Waals surface area contributed by atoms with Gasteiger partial charge in [-0.15, -0.1) is 0 Å². The quantitative estimate of drug-likeness (QED) is 0.548. The number of pyridine rings is 1. The largest absolute Gasteiger partial charge is 0.495 e. The molecule has 4 rings (SSSR count). The minimum absolute atomic E-state index is 0.261. The zero-order valence-corrected chi connectivity index (χ0v) is 14.1. The van der Waals surface area contributed by atoms with Crippen molar-refractivity contribution in [2.24, 2.45) is 0 Å². The van der Waals surface area contributed by atoms with Crippen LogP contribution in [0.15, 0.2) is 71.4 Å². The van der Waals surface area contributed by atoms with Crippen LogP contribution in [0.4, 0.5) is 5.69 Å². The van der Waals surface area contributed by atoms with Crippen molar-refractivity contribution in [3.05, 3.63) is 72.6 Å². The second-order valence-electron chi connectivity index (χ2n) is 5.76. The number of nitrogens with zero attached hydrogens (tertiary/aromatic N) is 1. The third-order valence-electron chi connectivity index (χ3n) is 4.07. The van der Waals surface area contributed by atoms with Gasteiger partial charge < -0.3 is 14.5 Å². The van der Waals surface area contributed by atoms with Gasteiger partial charge in [0.15, 0.2) is 0 Å². The highest BCUT2D eigenvalue weighted by molar-refractivity contribution is 6.09. The van der Waals surface area contributed by atoms with Gasteiger partial charge in [-0.3, -0.25) is 9.78 Å². The van der Waals surface area contributed by atoms with Crippen molar-refractivity contribution in [2.75, 3.05) is 12.4 Å². The fourth-order valence-corrected chi connectivity index (χ4v) is 2.84. The van der Waals surface area contributed by atoms with Gasteiger partial charge >= 0.3 is 0 Å². The number of ether oxygens (including phenoxy) is 1. The first-order chi connectivity index (χ1) is 12.7. The van der Waals surface area contributed by atoms with Crippen LogP contribution in [0.3, 0.4) is 0 Å². The first-order valence-electron chi connectivity index (χ1n) is 8.13. The summed E-state index contributed by atoms with van der Waals surface area (Å²) in [6, 6.07) is 15.1. The van der Waals surface area contributed by atoms with Crippen molar-refractivity contribution in [3.63, 3.8) is 0 Å². The van der Waals surface area contributed by atoms with Gasteiger partial charge in [-0.2, -0.15) is 0 Å². The molecule has 26 heavy (non-hydrogen) atoms. The Hall–Kier alpha value is -3.60. The molecule has 0 aliphatic heterocycles. The lowest BCUT2D eigenvalue weighted by Crippen LogP contribution is -2.08. The van der Waals surface area contributed by atoms with E-state index in [9.17, 15) is 4.79 Å². The molecule has 0 fully saturated rings. The Bertz CT molecular complexity index is 1110. The Morgan fingerprint density at radius 2 is 2.00 bits per heavy atom. The van der Waals surface area contributed by atoms with Gasteiger partial charge in [0, 0.05) is 35.3 Å². The number of benzene rings is 2. The molecule has 0 atom stereocenters. The maximum atomic E-state index is 12.3. The number of nitrogens with one attached hydrogen (secondary N) is 1. The number of amides is 1. The highest BCUT2D eigenvalue weighted by atomic mass is 16.5. The molecule has 0 bridgehead atoms. The van der Waals surface area contributed by atoms with Crippen LogP contribution in [0.2, 0.25) is 0 Å². The maximum absolute atomic E-state index is 12.3. The normalized spacial score (nSPS) is 11.3. The third kappa shape index (κ3) is 3.02.